The van der Waals surface area contributed by atoms with Crippen LogP contribution >= 0.6 is 11.3 Å². The van der Waals surface area contributed by atoms with Crippen molar-refractivity contribution in [2.24, 2.45) is 0 Å². The van der Waals surface area contributed by atoms with E-state index >= 15 is 0 Å². The number of carbonyl (C=O) groups is 5. The summed E-state index contributed by atoms with van der Waals surface area (Å²) in [5, 5.41) is 3.48. The Hall–Kier alpha value is -2.99. The fraction of sp³-hybridized carbons (Fsp3) is 0.830. The molecule has 1 aliphatic heterocycles. The molecule has 1 aromatic rings. The maximum absolute atomic E-state index is 13.6. The SMILES string of the molecule is CCCCCCCCCOC(=O)CCCCCCC(=O)N1CCc2c(sc(NC(=O)CCCCC(=O)OC(CCCCCCCC)CCCCCCCC)c2C(=O)OCCCN(C)C)C1. The number of anilines is 1. The average Bonchev–Trinajstić information content (AvgIpc) is 3.64. The zero-order chi connectivity index (χ0) is 47.3. The molecule has 0 atom stereocenters. The highest BCUT2D eigenvalue weighted by molar-refractivity contribution is 7.17. The van der Waals surface area contributed by atoms with Gasteiger partial charge in [0.25, 0.3) is 0 Å². The lowest BCUT2D eigenvalue weighted by Gasteiger charge is -2.27. The first-order valence-corrected chi connectivity index (χ1v) is 27.3. The van der Waals surface area contributed by atoms with Crippen molar-refractivity contribution in [2.45, 2.75) is 245 Å². The Morgan fingerprint density at radius 3 is 1.72 bits per heavy atom. The van der Waals surface area contributed by atoms with Crippen LogP contribution in [0.4, 0.5) is 5.00 Å². The zero-order valence-electron chi connectivity index (χ0n) is 42.0. The van der Waals surface area contributed by atoms with Gasteiger partial charge in [0.15, 0.2) is 0 Å². The Morgan fingerprint density at radius 1 is 0.600 bits per heavy atom. The van der Waals surface area contributed by atoms with Crippen molar-refractivity contribution in [3.63, 3.8) is 0 Å². The van der Waals surface area contributed by atoms with E-state index in [1.54, 1.807) is 0 Å². The lowest BCUT2D eigenvalue weighted by Crippen LogP contribution is -2.35. The van der Waals surface area contributed by atoms with Gasteiger partial charge in [0.1, 0.15) is 11.1 Å². The number of amides is 2. The fourth-order valence-electron chi connectivity index (χ4n) is 8.47. The predicted molar refractivity (Wildman–Crippen MR) is 267 cm³/mol. The third kappa shape index (κ3) is 28.1. The molecule has 0 unspecified atom stereocenters. The van der Waals surface area contributed by atoms with Crippen molar-refractivity contribution in [1.29, 1.82) is 0 Å². The summed E-state index contributed by atoms with van der Waals surface area (Å²) in [5.74, 6) is -0.888. The van der Waals surface area contributed by atoms with Crippen LogP contribution in [0, 0.1) is 0 Å². The molecule has 2 rings (SSSR count). The van der Waals surface area contributed by atoms with Crippen LogP contribution in [-0.4, -0.2) is 86.0 Å². The molecule has 0 saturated heterocycles. The van der Waals surface area contributed by atoms with Crippen LogP contribution < -0.4 is 5.32 Å². The van der Waals surface area contributed by atoms with E-state index in [1.807, 2.05) is 23.9 Å². The van der Waals surface area contributed by atoms with Crippen LogP contribution in [0.25, 0.3) is 0 Å². The van der Waals surface area contributed by atoms with Crippen LogP contribution in [-0.2, 0) is 46.4 Å². The van der Waals surface area contributed by atoms with Gasteiger partial charge in [0, 0.05) is 43.6 Å². The van der Waals surface area contributed by atoms with Gasteiger partial charge in [-0.25, -0.2) is 4.79 Å². The number of thiophene rings is 1. The minimum atomic E-state index is -0.447. The van der Waals surface area contributed by atoms with Gasteiger partial charge >= 0.3 is 17.9 Å². The van der Waals surface area contributed by atoms with Gasteiger partial charge in [0.05, 0.1) is 25.3 Å². The number of nitrogens with one attached hydrogen (secondary N) is 1. The van der Waals surface area contributed by atoms with Crippen LogP contribution in [0.1, 0.15) is 247 Å². The summed E-state index contributed by atoms with van der Waals surface area (Å²) in [6.45, 7) is 9.13. The molecular weight excluding hydrogens is 839 g/mol. The number of rotatable bonds is 41. The first kappa shape index (κ1) is 58.1. The van der Waals surface area contributed by atoms with Crippen LogP contribution in [0.5, 0.6) is 0 Å². The topological polar surface area (TPSA) is 132 Å². The van der Waals surface area contributed by atoms with Gasteiger partial charge in [-0.15, -0.1) is 11.3 Å². The molecule has 12 heteroatoms. The van der Waals surface area contributed by atoms with Gasteiger partial charge in [-0.2, -0.15) is 0 Å². The third-order valence-corrected chi connectivity index (χ3v) is 13.6. The number of carbonyl (C=O) groups excluding carboxylic acids is 5. The second-order valence-electron chi connectivity index (χ2n) is 18.8. The standard InChI is InChI=1S/C53H93N3O8S/c1-6-9-12-15-18-23-30-41-62-49(59)36-27-22-21-26-35-48(58)56-40-38-45-46(43-56)65-52(51(45)53(61)63-42-31-39-55(4)5)54-47(57)34-28-29-37-50(60)64-44(32-24-19-16-13-10-7-2)33-25-20-17-14-11-8-3/h44H,6-43H2,1-5H3,(H,54,57). The Morgan fingerprint density at radius 2 is 1.11 bits per heavy atom. The van der Waals surface area contributed by atoms with Crippen LogP contribution in [0.15, 0.2) is 0 Å². The van der Waals surface area contributed by atoms with Crippen molar-refractivity contribution in [2.75, 3.05) is 45.7 Å². The number of nitrogens with zero attached hydrogens (tertiary/aromatic N) is 2. The normalized spacial score (nSPS) is 12.4. The van der Waals surface area contributed by atoms with Crippen LogP contribution in [0.3, 0.4) is 0 Å². The van der Waals surface area contributed by atoms with E-state index in [2.05, 4.69) is 26.1 Å². The van der Waals surface area contributed by atoms with Crippen molar-refractivity contribution < 1.29 is 38.2 Å². The van der Waals surface area contributed by atoms with Gasteiger partial charge in [-0.1, -0.05) is 136 Å². The molecule has 2 amide bonds. The maximum atomic E-state index is 13.6. The summed E-state index contributed by atoms with van der Waals surface area (Å²) in [7, 11) is 3.95. The molecule has 0 aromatic carbocycles. The van der Waals surface area contributed by atoms with E-state index in [0.29, 0.717) is 68.8 Å². The molecule has 1 aliphatic rings. The molecule has 1 N–H and O–H groups in total. The summed E-state index contributed by atoms with van der Waals surface area (Å²) < 4.78 is 17.1. The van der Waals surface area contributed by atoms with Crippen molar-refractivity contribution >= 4 is 46.1 Å². The van der Waals surface area contributed by atoms with Crippen molar-refractivity contribution in [1.82, 2.24) is 9.80 Å². The molecule has 1 aromatic heterocycles. The number of hydrogen-bond donors (Lipinski definition) is 1. The highest BCUT2D eigenvalue weighted by Crippen LogP contribution is 2.38. The number of unbranched alkanes of at least 4 members (excludes halogenated alkanes) is 20. The van der Waals surface area contributed by atoms with E-state index in [-0.39, 0.29) is 49.3 Å². The molecule has 0 radical (unpaired) electrons. The first-order chi connectivity index (χ1) is 31.6. The number of fused-ring (bicyclic) bond motifs is 1. The largest absolute Gasteiger partial charge is 0.466 e. The Balaban J connectivity index is 1.85. The van der Waals surface area contributed by atoms with E-state index in [0.717, 1.165) is 81.2 Å². The predicted octanol–water partition coefficient (Wildman–Crippen LogP) is 13.3. The minimum Gasteiger partial charge on any atom is -0.466 e. The number of esters is 3. The Bertz CT molecular complexity index is 1430. The maximum Gasteiger partial charge on any atom is 0.341 e. The smallest absolute Gasteiger partial charge is 0.341 e. The quantitative estimate of drug-likeness (QED) is 0.0387. The molecule has 0 fully saturated rings. The Labute approximate surface area is 399 Å². The first-order valence-electron chi connectivity index (χ1n) is 26.5. The van der Waals surface area contributed by atoms with Crippen molar-refractivity contribution in [3.8, 4) is 0 Å². The fourth-order valence-corrected chi connectivity index (χ4v) is 9.74. The molecular formula is C53H93N3O8S. The lowest BCUT2D eigenvalue weighted by molar-refractivity contribution is -0.150. The molecule has 374 valence electrons. The van der Waals surface area contributed by atoms with Gasteiger partial charge in [-0.05, 0) is 90.3 Å². The molecule has 2 heterocycles. The minimum absolute atomic E-state index is 0.0295. The highest BCUT2D eigenvalue weighted by atomic mass is 32.1. The van der Waals surface area contributed by atoms with E-state index in [9.17, 15) is 24.0 Å². The van der Waals surface area contributed by atoms with E-state index in [4.69, 9.17) is 14.2 Å². The molecule has 0 saturated carbocycles. The molecule has 0 spiro atoms. The summed E-state index contributed by atoms with van der Waals surface area (Å²) in [6, 6.07) is 0. The molecule has 65 heavy (non-hydrogen) atoms. The van der Waals surface area contributed by atoms with Crippen LogP contribution in [0.2, 0.25) is 0 Å². The van der Waals surface area contributed by atoms with Gasteiger partial charge in [0.2, 0.25) is 11.8 Å². The summed E-state index contributed by atoms with van der Waals surface area (Å²) >= 11 is 1.35. The zero-order valence-corrected chi connectivity index (χ0v) is 42.8. The second-order valence-corrected chi connectivity index (χ2v) is 19.9. The molecule has 0 aliphatic carbocycles. The summed E-state index contributed by atoms with van der Waals surface area (Å²) in [4.78, 5) is 70.1. The van der Waals surface area contributed by atoms with E-state index in [1.165, 1.54) is 108 Å². The monoisotopic (exact) mass is 932 g/mol. The van der Waals surface area contributed by atoms with E-state index < -0.39 is 5.97 Å². The lowest BCUT2D eigenvalue weighted by atomic mass is 10.0. The van der Waals surface area contributed by atoms with Gasteiger partial charge in [-0.3, -0.25) is 19.2 Å². The Kier molecular flexibility index (Phi) is 34.0. The highest BCUT2D eigenvalue weighted by Gasteiger charge is 2.31. The number of hydrogen-bond acceptors (Lipinski definition) is 10. The summed E-state index contributed by atoms with van der Waals surface area (Å²) in [5.41, 5.74) is 1.26. The van der Waals surface area contributed by atoms with Crippen molar-refractivity contribution in [3.05, 3.63) is 16.0 Å². The molecule has 11 nitrogen and oxygen atoms in total. The molecule has 0 bridgehead atoms. The second kappa shape index (κ2) is 38.0. The third-order valence-electron chi connectivity index (χ3n) is 12.5. The average molecular weight is 932 g/mol. The van der Waals surface area contributed by atoms with Gasteiger partial charge < -0.3 is 29.3 Å². The summed E-state index contributed by atoms with van der Waals surface area (Å²) in [6.07, 6.45) is 31.6. The number of ether oxygens (including phenoxy) is 3.